The second-order valence-corrected chi connectivity index (χ2v) is 0. The molecule has 0 unspecified atom stereocenters. The zero-order valence-electron chi connectivity index (χ0n) is 9.69. The summed E-state index contributed by atoms with van der Waals surface area (Å²) in [6, 6.07) is 0. The van der Waals surface area contributed by atoms with Gasteiger partial charge in [0, 0.05) is 0 Å². The van der Waals surface area contributed by atoms with Gasteiger partial charge < -0.3 is 115 Å². The van der Waals surface area contributed by atoms with Crippen LogP contribution >= 0.6 is 0 Å². The minimum Gasteiger partial charge on any atom is -1.00 e. The molecule has 0 saturated heterocycles. The summed E-state index contributed by atoms with van der Waals surface area (Å²) in [5, 5.41) is 0. The normalized spacial score (nSPS) is 0. The molecule has 0 spiro atoms. The second kappa shape index (κ2) is 895. The molecule has 128 valence electrons. The molecule has 0 aromatic rings. The van der Waals surface area contributed by atoms with Crippen LogP contribution in [0.15, 0.2) is 0 Å². The molecule has 12 nitrogen and oxygen atoms in total. The maximum atomic E-state index is 0. The third-order valence-corrected chi connectivity index (χ3v) is 0. The van der Waals surface area contributed by atoms with Gasteiger partial charge in [0.05, 0.1) is 0 Å². The minimum atomic E-state index is 0. The first-order valence-corrected chi connectivity index (χ1v) is 0. The fourth-order valence-electron chi connectivity index (χ4n) is 0. The second-order valence-electron chi connectivity index (χ2n) is 0. The van der Waals surface area contributed by atoms with Gasteiger partial charge in [-0.3, -0.25) is 0 Å². The molecule has 0 aliphatic heterocycles. The molecule has 0 fully saturated rings. The number of hydrogen-bond acceptors (Lipinski definition) is 12. The molecule has 0 rings (SSSR count). The van der Waals surface area contributed by atoms with Crippen LogP contribution < -0.4 is 49.6 Å². The Morgan fingerprint density at radius 1 is 0.190 bits per heavy atom. The Bertz CT molecular complexity index is 33.2. The van der Waals surface area contributed by atoms with E-state index in [-0.39, 0.29) is 211 Å². The molecule has 0 aromatic heterocycles. The molecule has 0 amide bonds. The van der Waals surface area contributed by atoms with Gasteiger partial charge in [-0.1, -0.05) is 0 Å². The maximum absolute atomic E-state index is 0. The van der Waals surface area contributed by atoms with Gasteiger partial charge in [-0.25, -0.2) is 0 Å². The Morgan fingerprint density at radius 3 is 0.190 bits per heavy atom. The Hall–Kier alpha value is 3.69. The number of halogens is 4. The molecule has 0 saturated carbocycles. The van der Waals surface area contributed by atoms with Crippen LogP contribution in [0.2, 0.25) is 0 Å². The van der Waals surface area contributed by atoms with E-state index in [0.29, 0.717) is 0 Å². The van der Waals surface area contributed by atoms with Crippen molar-refractivity contribution < 1.29 is 142 Å². The molecule has 21 heavy (non-hydrogen) atoms. The molecule has 0 aliphatic carbocycles. The summed E-state index contributed by atoms with van der Waals surface area (Å²) in [5.74, 6) is 0. The topological polar surface area (TPSA) is 360 Å². The zero-order valence-corrected chi connectivity index (χ0v) is 19.8. The van der Waals surface area contributed by atoms with Crippen molar-refractivity contribution in [2.24, 2.45) is 0 Å². The Labute approximate surface area is 208 Å². The van der Waals surface area contributed by atoms with Crippen molar-refractivity contribution in [3.8, 4) is 0 Å². The molecular weight excluding hydrogens is 533 g/mol. The van der Waals surface area contributed by atoms with Crippen molar-refractivity contribution in [2.45, 2.75) is 0 Å². The van der Waals surface area contributed by atoms with E-state index in [1.165, 1.54) is 0 Å². The van der Waals surface area contributed by atoms with Crippen molar-refractivity contribution in [2.75, 3.05) is 0 Å². The Kier molecular flexibility index (Phi) is 43300. The molecule has 0 aliphatic rings. The number of rotatable bonds is 0. The predicted molar refractivity (Wildman–Crippen MR) is 46.2 cm³/mol. The summed E-state index contributed by atoms with van der Waals surface area (Å²) >= 11 is 0. The van der Waals surface area contributed by atoms with Gasteiger partial charge in [-0.05, 0) is 0 Å². The molecule has 21 heteroatoms. The van der Waals surface area contributed by atoms with Gasteiger partial charge in [0.2, 0.25) is 0 Å². The van der Waals surface area contributed by atoms with E-state index in [0.717, 1.165) is 0 Å². The van der Waals surface area contributed by atoms with Crippen molar-refractivity contribution in [1.82, 2.24) is 0 Å². The van der Waals surface area contributed by atoms with Crippen LogP contribution in [0.1, 0.15) is 0 Å². The third-order valence-electron chi connectivity index (χ3n) is 0. The fraction of sp³-hybridized carbons (Fsp3) is 0. The monoisotopic (exact) mass is 542 g/mol. The van der Waals surface area contributed by atoms with Gasteiger partial charge in [-0.15, -0.1) is 0 Å². The average Bonchev–Trinajstić information content (AvgIpc) is 0. The summed E-state index contributed by atoms with van der Waals surface area (Å²) in [6.07, 6.45) is 0. The van der Waals surface area contributed by atoms with E-state index < -0.39 is 0 Å². The van der Waals surface area contributed by atoms with Crippen molar-refractivity contribution >= 4 is 69.4 Å². The summed E-state index contributed by atoms with van der Waals surface area (Å²) in [4.78, 5) is 0. The van der Waals surface area contributed by atoms with Gasteiger partial charge in [0.25, 0.3) is 0 Å². The van der Waals surface area contributed by atoms with Crippen LogP contribution in [0.5, 0.6) is 0 Å². The SMILES string of the molecule is [Al+3].[Al+3].[Al+3].[Al+3].[Cl-].[Cl-].[Cl-].[Cl-].[OH-].[OH-].[OH-].[OH-].[OH-].[OH-].[OH-].[OH-].[OH-].[OH-].[OH-].[OH-].[Zr+4]. The maximum Gasteiger partial charge on any atom is 4.00 e. The quantitative estimate of drug-likeness (QED) is 0.256. The smallest absolute Gasteiger partial charge is 1.00 e. The van der Waals surface area contributed by atoms with E-state index in [9.17, 15) is 0 Å². The van der Waals surface area contributed by atoms with Crippen molar-refractivity contribution in [3.05, 3.63) is 0 Å². The minimum absolute atomic E-state index is 0. The molecule has 0 radical (unpaired) electrons. The van der Waals surface area contributed by atoms with E-state index >= 15 is 0 Å². The van der Waals surface area contributed by atoms with Gasteiger partial charge in [0.1, 0.15) is 0 Å². The van der Waals surface area contributed by atoms with Crippen LogP contribution in [-0.2, 0) is 26.2 Å². The van der Waals surface area contributed by atoms with Crippen molar-refractivity contribution in [3.63, 3.8) is 0 Å². The van der Waals surface area contributed by atoms with Crippen LogP contribution in [-0.4, -0.2) is 135 Å². The van der Waals surface area contributed by atoms with Gasteiger partial charge >= 0.3 is 95.6 Å². The molecule has 0 atom stereocenters. The van der Waals surface area contributed by atoms with Crippen LogP contribution in [0.3, 0.4) is 0 Å². The molecular formula is H12Al4Cl4O12Zr. The molecule has 0 aromatic carbocycles. The Balaban J connectivity index is 0. The standard InChI is InChI=1S/4Al.4ClH.12H2O.Zr/h;;;;4*1H;12*1H2;/q4*+3;;;;;;;;;;;;;;;;;+4/p-16. The third kappa shape index (κ3) is 818. The Morgan fingerprint density at radius 2 is 0.190 bits per heavy atom. The molecule has 0 heterocycles. The van der Waals surface area contributed by atoms with Crippen LogP contribution in [0.25, 0.3) is 0 Å². The summed E-state index contributed by atoms with van der Waals surface area (Å²) in [6.45, 7) is 0. The summed E-state index contributed by atoms with van der Waals surface area (Å²) in [7, 11) is 0. The zero-order chi connectivity index (χ0) is 0. The van der Waals surface area contributed by atoms with E-state index in [2.05, 4.69) is 0 Å². The first kappa shape index (κ1) is 1020. The summed E-state index contributed by atoms with van der Waals surface area (Å²) in [5.41, 5.74) is 0. The van der Waals surface area contributed by atoms with Crippen LogP contribution in [0, 0.1) is 0 Å². The van der Waals surface area contributed by atoms with Crippen LogP contribution in [0.4, 0.5) is 0 Å². The molecule has 12 N–H and O–H groups in total. The predicted octanol–water partition coefficient (Wildman–Crippen LogP) is -15.6. The first-order chi connectivity index (χ1) is 0. The molecule has 0 bridgehead atoms. The largest absolute Gasteiger partial charge is 4.00 e. The summed E-state index contributed by atoms with van der Waals surface area (Å²) < 4.78 is 0. The van der Waals surface area contributed by atoms with Gasteiger partial charge in [-0.2, -0.15) is 0 Å². The fourth-order valence-corrected chi connectivity index (χ4v) is 0. The first-order valence-electron chi connectivity index (χ1n) is 0. The van der Waals surface area contributed by atoms with E-state index in [4.69, 9.17) is 0 Å². The van der Waals surface area contributed by atoms with Crippen molar-refractivity contribution in [1.29, 1.82) is 0 Å². The average molecular weight is 545 g/mol. The number of hydrogen-bond donors (Lipinski definition) is 0. The van der Waals surface area contributed by atoms with E-state index in [1.54, 1.807) is 0 Å². The van der Waals surface area contributed by atoms with Gasteiger partial charge in [0.15, 0.2) is 0 Å². The van der Waals surface area contributed by atoms with E-state index in [1.807, 2.05) is 0 Å².